The number of aromatic nitrogens is 1. The van der Waals surface area contributed by atoms with Gasteiger partial charge in [0.2, 0.25) is 0 Å². The van der Waals surface area contributed by atoms with E-state index in [1.54, 1.807) is 13.2 Å². The third-order valence-corrected chi connectivity index (χ3v) is 3.19. The number of halogens is 1. The summed E-state index contributed by atoms with van der Waals surface area (Å²) in [5.41, 5.74) is 0.783. The molecule has 0 fully saturated rings. The Bertz CT molecular complexity index is 635. The average Bonchev–Trinajstić information content (AvgIpc) is 3.11. The van der Waals surface area contributed by atoms with Crippen LogP contribution in [0, 0.1) is 0 Å². The number of nitrogens with one attached hydrogen (secondary N) is 2. The number of hydrogen-bond donors (Lipinski definition) is 2. The van der Waals surface area contributed by atoms with Crippen LogP contribution in [0.5, 0.6) is 11.5 Å². The first-order chi connectivity index (χ1) is 11.7. The summed E-state index contributed by atoms with van der Waals surface area (Å²) in [5, 5.41) is 10.3. The highest BCUT2D eigenvalue weighted by Gasteiger charge is 2.09. The molecule has 2 aromatic rings. The highest BCUT2D eigenvalue weighted by molar-refractivity contribution is 14.0. The molecule has 8 heteroatoms. The summed E-state index contributed by atoms with van der Waals surface area (Å²) in [7, 11) is 1.63. The van der Waals surface area contributed by atoms with E-state index in [4.69, 9.17) is 14.0 Å². The molecule has 1 heterocycles. The fraction of sp³-hybridized carbons (Fsp3) is 0.412. The van der Waals surface area contributed by atoms with Crippen LogP contribution in [0.3, 0.4) is 0 Å². The summed E-state index contributed by atoms with van der Waals surface area (Å²) >= 11 is 0. The molecule has 0 spiro atoms. The standard InChI is InChI=1S/C17H24N4O3.HI/c1-4-18-17(20-12-14-9-10-23-21-14)19-11-13(2)24-16-8-6-5-7-15(16)22-3;/h5-10,13H,4,11-12H2,1-3H3,(H2,18,19,20);1H. The van der Waals surface area contributed by atoms with Crippen molar-refractivity contribution in [2.75, 3.05) is 20.2 Å². The predicted molar refractivity (Wildman–Crippen MR) is 108 cm³/mol. The summed E-state index contributed by atoms with van der Waals surface area (Å²) < 4.78 is 16.0. The van der Waals surface area contributed by atoms with Gasteiger partial charge in [-0.05, 0) is 26.0 Å². The molecular weight excluding hydrogens is 435 g/mol. The zero-order chi connectivity index (χ0) is 17.2. The molecule has 2 rings (SSSR count). The molecule has 138 valence electrons. The lowest BCUT2D eigenvalue weighted by Crippen LogP contribution is -2.41. The fourth-order valence-electron chi connectivity index (χ4n) is 2.04. The Hall–Kier alpha value is -1.97. The monoisotopic (exact) mass is 460 g/mol. The first kappa shape index (κ1) is 21.1. The van der Waals surface area contributed by atoms with Crippen molar-refractivity contribution in [3.63, 3.8) is 0 Å². The van der Waals surface area contributed by atoms with Crippen molar-refractivity contribution >= 4 is 29.9 Å². The molecule has 1 atom stereocenters. The lowest BCUT2D eigenvalue weighted by molar-refractivity contribution is 0.213. The zero-order valence-corrected chi connectivity index (χ0v) is 17.0. The van der Waals surface area contributed by atoms with Gasteiger partial charge in [0.15, 0.2) is 17.5 Å². The smallest absolute Gasteiger partial charge is 0.191 e. The number of benzene rings is 1. The second kappa shape index (κ2) is 11.6. The molecule has 0 bridgehead atoms. The Balaban J connectivity index is 0.00000312. The molecule has 0 aliphatic heterocycles. The first-order valence-corrected chi connectivity index (χ1v) is 7.94. The van der Waals surface area contributed by atoms with Crippen molar-refractivity contribution in [3.8, 4) is 11.5 Å². The van der Waals surface area contributed by atoms with Gasteiger partial charge in [-0.15, -0.1) is 24.0 Å². The van der Waals surface area contributed by atoms with E-state index in [0.29, 0.717) is 19.0 Å². The van der Waals surface area contributed by atoms with Crippen LogP contribution in [0.15, 0.2) is 46.1 Å². The maximum Gasteiger partial charge on any atom is 0.191 e. The summed E-state index contributed by atoms with van der Waals surface area (Å²) in [5.74, 6) is 2.14. The van der Waals surface area contributed by atoms with E-state index in [9.17, 15) is 0 Å². The summed E-state index contributed by atoms with van der Waals surface area (Å²) in [6.07, 6.45) is 1.48. The van der Waals surface area contributed by atoms with Gasteiger partial charge < -0.3 is 24.6 Å². The van der Waals surface area contributed by atoms with E-state index < -0.39 is 0 Å². The summed E-state index contributed by atoms with van der Waals surface area (Å²) in [6, 6.07) is 9.38. The summed E-state index contributed by atoms with van der Waals surface area (Å²) in [4.78, 5) is 4.46. The highest BCUT2D eigenvalue weighted by Crippen LogP contribution is 2.26. The number of ether oxygens (including phenoxy) is 2. The van der Waals surface area contributed by atoms with Gasteiger partial charge in [-0.3, -0.25) is 0 Å². The van der Waals surface area contributed by atoms with Crippen molar-refractivity contribution in [2.45, 2.75) is 26.5 Å². The van der Waals surface area contributed by atoms with Gasteiger partial charge in [-0.2, -0.15) is 0 Å². The molecule has 2 N–H and O–H groups in total. The Labute approximate surface area is 165 Å². The Morgan fingerprint density at radius 2 is 2.00 bits per heavy atom. The lowest BCUT2D eigenvalue weighted by atomic mass is 10.3. The van der Waals surface area contributed by atoms with Gasteiger partial charge in [0.1, 0.15) is 18.1 Å². The maximum absolute atomic E-state index is 5.92. The van der Waals surface area contributed by atoms with E-state index in [0.717, 1.165) is 23.7 Å². The van der Waals surface area contributed by atoms with Crippen LogP contribution in [0.2, 0.25) is 0 Å². The third kappa shape index (κ3) is 7.20. The van der Waals surface area contributed by atoms with E-state index >= 15 is 0 Å². The fourth-order valence-corrected chi connectivity index (χ4v) is 2.04. The lowest BCUT2D eigenvalue weighted by Gasteiger charge is -2.18. The second-order valence-electron chi connectivity index (χ2n) is 5.15. The Morgan fingerprint density at radius 1 is 1.24 bits per heavy atom. The quantitative estimate of drug-likeness (QED) is 0.358. The molecule has 1 unspecified atom stereocenters. The van der Waals surface area contributed by atoms with E-state index in [2.05, 4.69) is 20.8 Å². The van der Waals surface area contributed by atoms with Crippen LogP contribution in [0.25, 0.3) is 0 Å². The van der Waals surface area contributed by atoms with Crippen LogP contribution in [0.1, 0.15) is 19.5 Å². The number of hydrogen-bond acceptors (Lipinski definition) is 5. The van der Waals surface area contributed by atoms with Gasteiger partial charge in [-0.25, -0.2) is 4.99 Å². The first-order valence-electron chi connectivity index (χ1n) is 7.94. The highest BCUT2D eigenvalue weighted by atomic mass is 127. The van der Waals surface area contributed by atoms with Crippen molar-refractivity contribution in [1.82, 2.24) is 15.8 Å². The number of para-hydroxylation sites is 2. The molecule has 1 aromatic carbocycles. The van der Waals surface area contributed by atoms with E-state index in [1.165, 1.54) is 6.26 Å². The number of nitrogens with zero attached hydrogens (tertiary/aromatic N) is 2. The van der Waals surface area contributed by atoms with Gasteiger partial charge in [0.05, 0.1) is 20.2 Å². The number of guanidine groups is 1. The van der Waals surface area contributed by atoms with Crippen LogP contribution < -0.4 is 20.1 Å². The van der Waals surface area contributed by atoms with Crippen LogP contribution >= 0.6 is 24.0 Å². The molecule has 0 radical (unpaired) electrons. The summed E-state index contributed by atoms with van der Waals surface area (Å²) in [6.45, 7) is 5.82. The SMILES string of the molecule is CCNC(=NCc1ccon1)NCC(C)Oc1ccccc1OC.I. The molecule has 0 aliphatic carbocycles. The van der Waals surface area contributed by atoms with E-state index in [-0.39, 0.29) is 30.1 Å². The zero-order valence-electron chi connectivity index (χ0n) is 14.7. The van der Waals surface area contributed by atoms with Crippen molar-refractivity contribution in [3.05, 3.63) is 42.3 Å². The number of rotatable bonds is 8. The van der Waals surface area contributed by atoms with Gasteiger partial charge >= 0.3 is 0 Å². The molecule has 0 saturated heterocycles. The molecule has 25 heavy (non-hydrogen) atoms. The normalized spacial score (nSPS) is 12.0. The largest absolute Gasteiger partial charge is 0.493 e. The van der Waals surface area contributed by atoms with Gasteiger partial charge in [0, 0.05) is 12.6 Å². The van der Waals surface area contributed by atoms with Crippen molar-refractivity contribution in [1.29, 1.82) is 0 Å². The van der Waals surface area contributed by atoms with Crippen LogP contribution in [0.4, 0.5) is 0 Å². The topological polar surface area (TPSA) is 80.9 Å². The molecule has 0 amide bonds. The van der Waals surface area contributed by atoms with Gasteiger partial charge in [-0.1, -0.05) is 17.3 Å². The molecular formula is C17H25IN4O3. The Morgan fingerprint density at radius 3 is 2.64 bits per heavy atom. The third-order valence-electron chi connectivity index (χ3n) is 3.19. The molecule has 1 aromatic heterocycles. The second-order valence-corrected chi connectivity index (χ2v) is 5.15. The van der Waals surface area contributed by atoms with Crippen molar-refractivity contribution < 1.29 is 14.0 Å². The average molecular weight is 460 g/mol. The van der Waals surface area contributed by atoms with Gasteiger partial charge in [0.25, 0.3) is 0 Å². The molecule has 7 nitrogen and oxygen atoms in total. The molecule has 0 saturated carbocycles. The van der Waals surface area contributed by atoms with E-state index in [1.807, 2.05) is 38.1 Å². The van der Waals surface area contributed by atoms with Crippen molar-refractivity contribution in [2.24, 2.45) is 4.99 Å². The molecule has 0 aliphatic rings. The van der Waals surface area contributed by atoms with Crippen LogP contribution in [-0.2, 0) is 6.54 Å². The number of aliphatic imine (C=N–C) groups is 1. The minimum absolute atomic E-state index is 0. The number of methoxy groups -OCH3 is 1. The van der Waals surface area contributed by atoms with Crippen LogP contribution in [-0.4, -0.2) is 37.4 Å². The minimum atomic E-state index is -0.0581. The minimum Gasteiger partial charge on any atom is -0.493 e. The predicted octanol–water partition coefficient (Wildman–Crippen LogP) is 2.82. The maximum atomic E-state index is 5.92. The Kier molecular flexibility index (Phi) is 9.75.